The zero-order chi connectivity index (χ0) is 14.0. The van der Waals surface area contributed by atoms with Gasteiger partial charge in [-0.15, -0.1) is 0 Å². The fourth-order valence-electron chi connectivity index (χ4n) is 1.88. The highest BCUT2D eigenvalue weighted by Gasteiger charge is 2.27. The molecular formula is C12H22N4O2S. The Labute approximate surface area is 114 Å². The van der Waals surface area contributed by atoms with Gasteiger partial charge in [0, 0.05) is 18.6 Å². The van der Waals surface area contributed by atoms with Gasteiger partial charge < -0.3 is 5.32 Å². The van der Waals surface area contributed by atoms with Crippen LogP contribution in [-0.2, 0) is 16.6 Å². The van der Waals surface area contributed by atoms with Crippen LogP contribution in [0.25, 0.3) is 0 Å². The molecule has 1 unspecified atom stereocenters. The summed E-state index contributed by atoms with van der Waals surface area (Å²) in [6.07, 6.45) is 3.08. The SMILES string of the molecule is CCC(C)NS(=O)(=O)c1c(CNC2CC2)n[nH]c1C. The number of sulfonamides is 1. The van der Waals surface area contributed by atoms with E-state index >= 15 is 0 Å². The molecule has 0 aromatic carbocycles. The van der Waals surface area contributed by atoms with Gasteiger partial charge in [-0.2, -0.15) is 5.10 Å². The minimum atomic E-state index is -3.50. The second-order valence-corrected chi connectivity index (χ2v) is 6.86. The second-order valence-electron chi connectivity index (χ2n) is 5.21. The summed E-state index contributed by atoms with van der Waals surface area (Å²) in [4.78, 5) is 0.293. The molecule has 1 aromatic rings. The normalized spacial score (nSPS) is 17.6. The third kappa shape index (κ3) is 3.55. The molecule has 7 heteroatoms. The Morgan fingerprint density at radius 2 is 2.16 bits per heavy atom. The molecule has 0 amide bonds. The average molecular weight is 286 g/mol. The highest BCUT2D eigenvalue weighted by Crippen LogP contribution is 2.22. The lowest BCUT2D eigenvalue weighted by Crippen LogP contribution is -2.33. The first kappa shape index (κ1) is 14.5. The molecule has 1 aliphatic carbocycles. The van der Waals surface area contributed by atoms with Crippen LogP contribution >= 0.6 is 0 Å². The number of aryl methyl sites for hydroxylation is 1. The van der Waals surface area contributed by atoms with E-state index in [-0.39, 0.29) is 6.04 Å². The first-order valence-electron chi connectivity index (χ1n) is 6.73. The Morgan fingerprint density at radius 3 is 2.74 bits per heavy atom. The van der Waals surface area contributed by atoms with Crippen LogP contribution in [0.1, 0.15) is 44.5 Å². The minimum absolute atomic E-state index is 0.0801. The molecule has 0 spiro atoms. The Kier molecular flexibility index (Phi) is 4.27. The molecule has 19 heavy (non-hydrogen) atoms. The van der Waals surface area contributed by atoms with Gasteiger partial charge in [0.2, 0.25) is 10.0 Å². The van der Waals surface area contributed by atoms with Crippen molar-refractivity contribution in [1.29, 1.82) is 0 Å². The second kappa shape index (κ2) is 5.60. The van der Waals surface area contributed by atoms with Crippen LogP contribution in [0.3, 0.4) is 0 Å². The first-order chi connectivity index (χ1) is 8.94. The number of nitrogens with one attached hydrogen (secondary N) is 3. The molecule has 1 heterocycles. The lowest BCUT2D eigenvalue weighted by atomic mass is 10.3. The first-order valence-corrected chi connectivity index (χ1v) is 8.22. The minimum Gasteiger partial charge on any atom is -0.308 e. The molecule has 0 saturated heterocycles. The molecule has 2 rings (SSSR count). The van der Waals surface area contributed by atoms with E-state index in [0.29, 0.717) is 28.9 Å². The van der Waals surface area contributed by atoms with Gasteiger partial charge in [-0.05, 0) is 33.1 Å². The molecule has 0 bridgehead atoms. The summed E-state index contributed by atoms with van der Waals surface area (Å²) < 4.78 is 27.4. The van der Waals surface area contributed by atoms with Crippen molar-refractivity contribution in [3.05, 3.63) is 11.4 Å². The van der Waals surface area contributed by atoms with Crippen molar-refractivity contribution in [2.75, 3.05) is 0 Å². The predicted octanol–water partition coefficient (Wildman–Crippen LogP) is 1.05. The maximum Gasteiger partial charge on any atom is 0.244 e. The van der Waals surface area contributed by atoms with E-state index in [1.165, 1.54) is 0 Å². The Bertz CT molecular complexity index is 534. The zero-order valence-corrected chi connectivity index (χ0v) is 12.5. The highest BCUT2D eigenvalue weighted by atomic mass is 32.2. The van der Waals surface area contributed by atoms with Crippen LogP contribution in [-0.4, -0.2) is 30.7 Å². The number of nitrogens with zero attached hydrogens (tertiary/aromatic N) is 1. The molecule has 6 nitrogen and oxygen atoms in total. The van der Waals surface area contributed by atoms with Gasteiger partial charge in [0.25, 0.3) is 0 Å². The fourth-order valence-corrected chi connectivity index (χ4v) is 3.57. The fraction of sp³-hybridized carbons (Fsp3) is 0.750. The average Bonchev–Trinajstić information content (AvgIpc) is 3.09. The zero-order valence-electron chi connectivity index (χ0n) is 11.7. The van der Waals surface area contributed by atoms with Crippen molar-refractivity contribution in [1.82, 2.24) is 20.2 Å². The van der Waals surface area contributed by atoms with Crippen LogP contribution in [0.15, 0.2) is 4.90 Å². The van der Waals surface area contributed by atoms with E-state index in [1.54, 1.807) is 6.92 Å². The largest absolute Gasteiger partial charge is 0.308 e. The van der Waals surface area contributed by atoms with Crippen molar-refractivity contribution < 1.29 is 8.42 Å². The van der Waals surface area contributed by atoms with Gasteiger partial charge in [-0.25, -0.2) is 13.1 Å². The molecule has 108 valence electrons. The smallest absolute Gasteiger partial charge is 0.244 e. The highest BCUT2D eigenvalue weighted by molar-refractivity contribution is 7.89. The summed E-state index contributed by atoms with van der Waals surface area (Å²) in [7, 11) is -3.50. The van der Waals surface area contributed by atoms with Gasteiger partial charge in [0.15, 0.2) is 0 Å². The molecule has 1 aliphatic rings. The monoisotopic (exact) mass is 286 g/mol. The van der Waals surface area contributed by atoms with Crippen molar-refractivity contribution in [3.63, 3.8) is 0 Å². The number of rotatable bonds is 7. The van der Waals surface area contributed by atoms with Crippen LogP contribution in [0.4, 0.5) is 0 Å². The molecule has 3 N–H and O–H groups in total. The van der Waals surface area contributed by atoms with Gasteiger partial charge >= 0.3 is 0 Å². The number of hydrogen-bond donors (Lipinski definition) is 3. The number of hydrogen-bond acceptors (Lipinski definition) is 4. The van der Waals surface area contributed by atoms with E-state index in [9.17, 15) is 8.42 Å². The topological polar surface area (TPSA) is 86.9 Å². The molecule has 1 saturated carbocycles. The predicted molar refractivity (Wildman–Crippen MR) is 73.3 cm³/mol. The summed E-state index contributed by atoms with van der Waals surface area (Å²) >= 11 is 0. The third-order valence-electron chi connectivity index (χ3n) is 3.33. The van der Waals surface area contributed by atoms with Gasteiger partial charge in [-0.3, -0.25) is 5.10 Å². The molecule has 0 radical (unpaired) electrons. The van der Waals surface area contributed by atoms with E-state index in [1.807, 2.05) is 13.8 Å². The Hall–Kier alpha value is -0.920. The van der Waals surface area contributed by atoms with E-state index < -0.39 is 10.0 Å². The summed E-state index contributed by atoms with van der Waals surface area (Å²) in [5, 5.41) is 10.2. The molecular weight excluding hydrogens is 264 g/mol. The third-order valence-corrected chi connectivity index (χ3v) is 5.13. The maximum atomic E-state index is 12.4. The van der Waals surface area contributed by atoms with Gasteiger partial charge in [0.05, 0.1) is 11.4 Å². The Morgan fingerprint density at radius 1 is 1.47 bits per heavy atom. The molecule has 1 atom stereocenters. The van der Waals surface area contributed by atoms with Gasteiger partial charge in [-0.1, -0.05) is 6.92 Å². The van der Waals surface area contributed by atoms with E-state index in [0.717, 1.165) is 19.3 Å². The van der Waals surface area contributed by atoms with Crippen molar-refractivity contribution in [2.24, 2.45) is 0 Å². The summed E-state index contributed by atoms with van der Waals surface area (Å²) in [6.45, 7) is 6.03. The van der Waals surface area contributed by atoms with Crippen LogP contribution in [0.5, 0.6) is 0 Å². The molecule has 1 aromatic heterocycles. The van der Waals surface area contributed by atoms with Crippen molar-refractivity contribution >= 4 is 10.0 Å². The number of H-pyrrole nitrogens is 1. The van der Waals surface area contributed by atoms with Crippen LogP contribution in [0.2, 0.25) is 0 Å². The molecule has 1 fully saturated rings. The summed E-state index contributed by atoms with van der Waals surface area (Å²) in [5.41, 5.74) is 1.16. The number of aromatic amines is 1. The van der Waals surface area contributed by atoms with E-state index in [4.69, 9.17) is 0 Å². The van der Waals surface area contributed by atoms with Crippen LogP contribution in [0, 0.1) is 6.92 Å². The quantitative estimate of drug-likeness (QED) is 0.699. The summed E-state index contributed by atoms with van der Waals surface area (Å²) in [6, 6.07) is 0.443. The van der Waals surface area contributed by atoms with Crippen LogP contribution < -0.4 is 10.0 Å². The Balaban J connectivity index is 2.18. The lowest BCUT2D eigenvalue weighted by molar-refractivity contribution is 0.552. The standard InChI is InChI=1S/C12H22N4O2S/c1-4-8(2)16-19(17,18)12-9(3)14-15-11(12)7-13-10-5-6-10/h8,10,13,16H,4-7H2,1-3H3,(H,14,15). The maximum absolute atomic E-state index is 12.4. The summed E-state index contributed by atoms with van der Waals surface area (Å²) in [5.74, 6) is 0. The van der Waals surface area contributed by atoms with Crippen molar-refractivity contribution in [2.45, 2.75) is 63.6 Å². The van der Waals surface area contributed by atoms with Crippen molar-refractivity contribution in [3.8, 4) is 0 Å². The number of aromatic nitrogens is 2. The lowest BCUT2D eigenvalue weighted by Gasteiger charge is -2.13. The van der Waals surface area contributed by atoms with E-state index in [2.05, 4.69) is 20.2 Å². The molecule has 0 aliphatic heterocycles. The van der Waals surface area contributed by atoms with Gasteiger partial charge in [0.1, 0.15) is 4.90 Å².